The van der Waals surface area contributed by atoms with Gasteiger partial charge in [0.15, 0.2) is 0 Å². The summed E-state index contributed by atoms with van der Waals surface area (Å²) in [4.78, 5) is 24.3. The molecule has 2 rings (SSSR count). The van der Waals surface area contributed by atoms with Crippen molar-refractivity contribution >= 4 is 11.9 Å². The lowest BCUT2D eigenvalue weighted by molar-refractivity contribution is -0.150. The molecule has 3 N–H and O–H groups in total. The Labute approximate surface area is 120 Å². The Kier molecular flexibility index (Phi) is 4.68. The number of carboxylic acid groups (broad SMARTS) is 1. The van der Waals surface area contributed by atoms with E-state index < -0.39 is 16.9 Å². The van der Waals surface area contributed by atoms with Crippen LogP contribution in [-0.4, -0.2) is 35.6 Å². The molecule has 1 heterocycles. The van der Waals surface area contributed by atoms with Crippen LogP contribution in [0.25, 0.3) is 0 Å². The SMILES string of the molecule is CC1(C(=O)NC2(C(=O)O)CCCCCC2)CCNCC1. The molecule has 2 fully saturated rings. The first-order chi connectivity index (χ1) is 9.49. The van der Waals surface area contributed by atoms with Gasteiger partial charge in [-0.15, -0.1) is 0 Å². The Hall–Kier alpha value is -1.10. The summed E-state index contributed by atoms with van der Waals surface area (Å²) >= 11 is 0. The molecule has 0 atom stereocenters. The summed E-state index contributed by atoms with van der Waals surface area (Å²) in [6.45, 7) is 3.60. The predicted octanol–water partition coefficient (Wildman–Crippen LogP) is 1.67. The lowest BCUT2D eigenvalue weighted by atomic mass is 9.78. The lowest BCUT2D eigenvalue weighted by Crippen LogP contribution is -2.58. The molecule has 0 radical (unpaired) electrons. The molecule has 1 aliphatic heterocycles. The molecule has 0 aromatic rings. The molecular weight excluding hydrogens is 256 g/mol. The summed E-state index contributed by atoms with van der Waals surface area (Å²) < 4.78 is 0. The molecule has 5 heteroatoms. The molecule has 0 aromatic carbocycles. The lowest BCUT2D eigenvalue weighted by Gasteiger charge is -2.37. The minimum Gasteiger partial charge on any atom is -0.480 e. The van der Waals surface area contributed by atoms with E-state index >= 15 is 0 Å². The highest BCUT2D eigenvalue weighted by Crippen LogP contribution is 2.32. The molecular formula is C15H26N2O3. The monoisotopic (exact) mass is 282 g/mol. The smallest absolute Gasteiger partial charge is 0.329 e. The first-order valence-electron chi connectivity index (χ1n) is 7.75. The van der Waals surface area contributed by atoms with E-state index in [0.717, 1.165) is 51.6 Å². The number of aliphatic carboxylic acids is 1. The van der Waals surface area contributed by atoms with E-state index in [9.17, 15) is 14.7 Å². The van der Waals surface area contributed by atoms with Gasteiger partial charge in [-0.1, -0.05) is 32.6 Å². The van der Waals surface area contributed by atoms with Gasteiger partial charge < -0.3 is 15.7 Å². The number of nitrogens with one attached hydrogen (secondary N) is 2. The molecule has 0 spiro atoms. The van der Waals surface area contributed by atoms with E-state index in [-0.39, 0.29) is 5.91 Å². The third-order valence-electron chi connectivity index (χ3n) is 4.97. The van der Waals surface area contributed by atoms with Crippen molar-refractivity contribution in [2.45, 2.75) is 63.8 Å². The third-order valence-corrected chi connectivity index (χ3v) is 4.97. The number of piperidine rings is 1. The summed E-state index contributed by atoms with van der Waals surface area (Å²) in [5, 5.41) is 15.8. The molecule has 0 bridgehead atoms. The number of carbonyl (C=O) groups excluding carboxylic acids is 1. The normalized spacial score (nSPS) is 25.4. The largest absolute Gasteiger partial charge is 0.480 e. The van der Waals surface area contributed by atoms with E-state index in [2.05, 4.69) is 10.6 Å². The van der Waals surface area contributed by atoms with Gasteiger partial charge in [-0.25, -0.2) is 4.79 Å². The van der Waals surface area contributed by atoms with E-state index in [1.165, 1.54) is 0 Å². The maximum absolute atomic E-state index is 12.6. The van der Waals surface area contributed by atoms with Crippen LogP contribution in [0.1, 0.15) is 58.3 Å². The molecule has 114 valence electrons. The standard InChI is InChI=1S/C15H26N2O3/c1-14(8-10-16-11-9-14)12(18)17-15(13(19)20)6-4-2-3-5-7-15/h16H,2-11H2,1H3,(H,17,18)(H,19,20). The maximum Gasteiger partial charge on any atom is 0.329 e. The second-order valence-electron chi connectivity index (χ2n) is 6.57. The Balaban J connectivity index is 2.11. The van der Waals surface area contributed by atoms with Gasteiger partial charge in [-0.3, -0.25) is 4.79 Å². The molecule has 1 amide bonds. The van der Waals surface area contributed by atoms with Crippen molar-refractivity contribution in [3.63, 3.8) is 0 Å². The Bertz CT molecular complexity index is 367. The summed E-state index contributed by atoms with van der Waals surface area (Å²) in [6.07, 6.45) is 6.54. The highest BCUT2D eigenvalue weighted by molar-refractivity contribution is 5.90. The van der Waals surface area contributed by atoms with Gasteiger partial charge in [0.2, 0.25) is 5.91 Å². The molecule has 2 aliphatic rings. The first kappa shape index (κ1) is 15.3. The zero-order valence-electron chi connectivity index (χ0n) is 12.3. The van der Waals surface area contributed by atoms with Gasteiger partial charge in [0.1, 0.15) is 5.54 Å². The van der Waals surface area contributed by atoms with Crippen LogP contribution in [0.15, 0.2) is 0 Å². The molecule has 0 aromatic heterocycles. The first-order valence-corrected chi connectivity index (χ1v) is 7.75. The van der Waals surface area contributed by atoms with Crippen molar-refractivity contribution in [3.05, 3.63) is 0 Å². The van der Waals surface area contributed by atoms with E-state index in [0.29, 0.717) is 12.8 Å². The van der Waals surface area contributed by atoms with E-state index in [1.807, 2.05) is 6.92 Å². The van der Waals surface area contributed by atoms with Crippen molar-refractivity contribution in [1.82, 2.24) is 10.6 Å². The Morgan fingerprint density at radius 2 is 1.55 bits per heavy atom. The molecule has 20 heavy (non-hydrogen) atoms. The van der Waals surface area contributed by atoms with Gasteiger partial charge in [-0.05, 0) is 38.8 Å². The van der Waals surface area contributed by atoms with Crippen molar-refractivity contribution < 1.29 is 14.7 Å². The van der Waals surface area contributed by atoms with Crippen LogP contribution < -0.4 is 10.6 Å². The molecule has 0 unspecified atom stereocenters. The average molecular weight is 282 g/mol. The van der Waals surface area contributed by atoms with Gasteiger partial charge in [0.25, 0.3) is 0 Å². The van der Waals surface area contributed by atoms with Gasteiger partial charge in [-0.2, -0.15) is 0 Å². The van der Waals surface area contributed by atoms with Crippen LogP contribution in [0.3, 0.4) is 0 Å². The predicted molar refractivity (Wildman–Crippen MR) is 76.4 cm³/mol. The van der Waals surface area contributed by atoms with Crippen LogP contribution in [0.4, 0.5) is 0 Å². The van der Waals surface area contributed by atoms with Crippen molar-refractivity contribution in [1.29, 1.82) is 0 Å². The van der Waals surface area contributed by atoms with Crippen molar-refractivity contribution in [2.75, 3.05) is 13.1 Å². The average Bonchev–Trinajstić information content (AvgIpc) is 2.66. The van der Waals surface area contributed by atoms with Crippen molar-refractivity contribution in [3.8, 4) is 0 Å². The number of rotatable bonds is 3. The zero-order valence-corrected chi connectivity index (χ0v) is 12.3. The number of amides is 1. The fourth-order valence-corrected chi connectivity index (χ4v) is 3.30. The fraction of sp³-hybridized carbons (Fsp3) is 0.867. The minimum absolute atomic E-state index is 0.0803. The van der Waals surface area contributed by atoms with Gasteiger partial charge in [0, 0.05) is 5.41 Å². The summed E-state index contributed by atoms with van der Waals surface area (Å²) in [5.74, 6) is -0.950. The van der Waals surface area contributed by atoms with Crippen molar-refractivity contribution in [2.24, 2.45) is 5.41 Å². The quantitative estimate of drug-likeness (QED) is 0.688. The Morgan fingerprint density at radius 3 is 2.05 bits per heavy atom. The number of carboxylic acids is 1. The fourth-order valence-electron chi connectivity index (χ4n) is 3.30. The Morgan fingerprint density at radius 1 is 1.00 bits per heavy atom. The number of hydrogen-bond acceptors (Lipinski definition) is 3. The summed E-state index contributed by atoms with van der Waals surface area (Å²) in [7, 11) is 0. The maximum atomic E-state index is 12.6. The molecule has 1 aliphatic carbocycles. The minimum atomic E-state index is -1.04. The van der Waals surface area contributed by atoms with Crippen LogP contribution in [-0.2, 0) is 9.59 Å². The summed E-state index contributed by atoms with van der Waals surface area (Å²) in [5.41, 5.74) is -1.47. The summed E-state index contributed by atoms with van der Waals surface area (Å²) in [6, 6.07) is 0. The third kappa shape index (κ3) is 3.14. The van der Waals surface area contributed by atoms with Crippen LogP contribution in [0.5, 0.6) is 0 Å². The van der Waals surface area contributed by atoms with Crippen LogP contribution in [0, 0.1) is 5.41 Å². The highest BCUT2D eigenvalue weighted by atomic mass is 16.4. The van der Waals surface area contributed by atoms with Crippen LogP contribution in [0.2, 0.25) is 0 Å². The molecule has 5 nitrogen and oxygen atoms in total. The van der Waals surface area contributed by atoms with E-state index in [4.69, 9.17) is 0 Å². The number of carbonyl (C=O) groups is 2. The second-order valence-corrected chi connectivity index (χ2v) is 6.57. The van der Waals surface area contributed by atoms with Gasteiger partial charge in [0.05, 0.1) is 0 Å². The number of hydrogen-bond donors (Lipinski definition) is 3. The zero-order chi connectivity index (χ0) is 14.6. The second kappa shape index (κ2) is 6.12. The highest BCUT2D eigenvalue weighted by Gasteiger charge is 2.44. The molecule has 1 saturated heterocycles. The molecule has 1 saturated carbocycles. The topological polar surface area (TPSA) is 78.4 Å². The van der Waals surface area contributed by atoms with Crippen LogP contribution >= 0.6 is 0 Å². The van der Waals surface area contributed by atoms with Gasteiger partial charge >= 0.3 is 5.97 Å². The van der Waals surface area contributed by atoms with E-state index in [1.54, 1.807) is 0 Å².